The molecule has 2 saturated heterocycles. The summed E-state index contributed by atoms with van der Waals surface area (Å²) in [6.07, 6.45) is 1.18. The molecule has 2 aliphatic rings. The van der Waals surface area contributed by atoms with Gasteiger partial charge >= 0.3 is 12.0 Å². The van der Waals surface area contributed by atoms with E-state index in [-0.39, 0.29) is 30.4 Å². The summed E-state index contributed by atoms with van der Waals surface area (Å²) in [6, 6.07) is 5.03. The minimum atomic E-state index is -0.240. The van der Waals surface area contributed by atoms with Gasteiger partial charge in [-0.15, -0.1) is 0 Å². The zero-order valence-corrected chi connectivity index (χ0v) is 17.8. The molecule has 0 spiro atoms. The lowest BCUT2D eigenvalue weighted by Crippen LogP contribution is -2.46. The minimum absolute atomic E-state index is 0.0195. The van der Waals surface area contributed by atoms with Crippen molar-refractivity contribution in [2.45, 2.75) is 19.8 Å². The maximum absolute atomic E-state index is 12.9. The number of esters is 1. The molecule has 3 rings (SSSR count). The lowest BCUT2D eigenvalue weighted by Gasteiger charge is -2.32. The summed E-state index contributed by atoms with van der Waals surface area (Å²) in [5.74, 6) is 0.738. The van der Waals surface area contributed by atoms with Crippen LogP contribution in [0, 0.1) is 5.92 Å². The number of likely N-dealkylation sites (tertiary alicyclic amines) is 1. The number of nitrogens with zero attached hydrogens (tertiary/aromatic N) is 3. The molecule has 0 N–H and O–H groups in total. The first-order chi connectivity index (χ1) is 14.5. The molecule has 9 nitrogen and oxygen atoms in total. The molecule has 30 heavy (non-hydrogen) atoms. The van der Waals surface area contributed by atoms with Crippen molar-refractivity contribution in [2.24, 2.45) is 5.92 Å². The average molecular weight is 419 g/mol. The first-order valence-electron chi connectivity index (χ1n) is 10.2. The van der Waals surface area contributed by atoms with Gasteiger partial charge in [-0.25, -0.2) is 4.79 Å². The highest BCUT2D eigenvalue weighted by atomic mass is 16.5. The van der Waals surface area contributed by atoms with E-state index in [9.17, 15) is 14.4 Å². The van der Waals surface area contributed by atoms with E-state index in [0.29, 0.717) is 62.8 Å². The Kier molecular flexibility index (Phi) is 7.02. The number of urea groups is 1. The molecule has 0 atom stereocenters. The first-order valence-corrected chi connectivity index (χ1v) is 10.2. The van der Waals surface area contributed by atoms with Gasteiger partial charge in [-0.1, -0.05) is 0 Å². The van der Waals surface area contributed by atoms with Crippen LogP contribution in [0.4, 0.5) is 10.5 Å². The molecule has 1 aromatic carbocycles. The fourth-order valence-corrected chi connectivity index (χ4v) is 3.85. The highest BCUT2D eigenvalue weighted by Gasteiger charge is 2.35. The molecule has 0 saturated carbocycles. The monoisotopic (exact) mass is 419 g/mol. The predicted octanol–water partition coefficient (Wildman–Crippen LogP) is 1.75. The molecule has 0 radical (unpaired) electrons. The topological polar surface area (TPSA) is 88.6 Å². The molecule has 9 heteroatoms. The summed E-state index contributed by atoms with van der Waals surface area (Å²) in [5, 5.41) is 0. The molecule has 164 valence electrons. The number of hydrogen-bond donors (Lipinski definition) is 0. The van der Waals surface area contributed by atoms with Crippen molar-refractivity contribution in [1.29, 1.82) is 0 Å². The molecule has 1 aromatic rings. The Bertz CT molecular complexity index is 791. The minimum Gasteiger partial charge on any atom is -0.497 e. The Morgan fingerprint density at radius 2 is 1.80 bits per heavy atom. The van der Waals surface area contributed by atoms with Gasteiger partial charge in [0.05, 0.1) is 32.4 Å². The molecule has 2 heterocycles. The van der Waals surface area contributed by atoms with Gasteiger partial charge in [0, 0.05) is 32.2 Å². The zero-order chi connectivity index (χ0) is 21.7. The Morgan fingerprint density at radius 3 is 2.43 bits per heavy atom. The van der Waals surface area contributed by atoms with Gasteiger partial charge in [0.1, 0.15) is 18.0 Å². The fraction of sp³-hybridized carbons (Fsp3) is 0.571. The number of carbonyl (C=O) groups is 3. The van der Waals surface area contributed by atoms with E-state index in [4.69, 9.17) is 14.2 Å². The van der Waals surface area contributed by atoms with E-state index in [1.165, 1.54) is 0 Å². The summed E-state index contributed by atoms with van der Waals surface area (Å²) < 4.78 is 15.7. The van der Waals surface area contributed by atoms with Crippen molar-refractivity contribution in [3.8, 4) is 11.5 Å². The summed E-state index contributed by atoms with van der Waals surface area (Å²) in [4.78, 5) is 42.4. The average Bonchev–Trinajstić information content (AvgIpc) is 3.13. The highest BCUT2D eigenvalue weighted by molar-refractivity contribution is 5.98. The van der Waals surface area contributed by atoms with Gasteiger partial charge in [0.15, 0.2) is 0 Å². The van der Waals surface area contributed by atoms with Crippen LogP contribution < -0.4 is 14.4 Å². The lowest BCUT2D eigenvalue weighted by atomic mass is 9.97. The van der Waals surface area contributed by atoms with Gasteiger partial charge < -0.3 is 24.0 Å². The number of carbonyl (C=O) groups excluding carboxylic acids is 3. The third-order valence-corrected chi connectivity index (χ3v) is 5.57. The second-order valence-electron chi connectivity index (χ2n) is 7.30. The number of rotatable bonds is 7. The quantitative estimate of drug-likeness (QED) is 0.626. The number of benzene rings is 1. The van der Waals surface area contributed by atoms with E-state index >= 15 is 0 Å². The molecule has 0 aromatic heterocycles. The predicted molar refractivity (Wildman–Crippen MR) is 110 cm³/mol. The number of piperidine rings is 1. The van der Waals surface area contributed by atoms with Crippen LogP contribution >= 0.6 is 0 Å². The molecular formula is C21H29N3O6. The number of hydrogen-bond acceptors (Lipinski definition) is 6. The van der Waals surface area contributed by atoms with E-state index in [1.807, 2.05) is 0 Å². The highest BCUT2D eigenvalue weighted by Crippen LogP contribution is 2.34. The number of methoxy groups -OCH3 is 2. The molecule has 2 fully saturated rings. The van der Waals surface area contributed by atoms with Crippen molar-refractivity contribution in [3.63, 3.8) is 0 Å². The summed E-state index contributed by atoms with van der Waals surface area (Å²) in [7, 11) is 3.11. The first kappa shape index (κ1) is 21.7. The van der Waals surface area contributed by atoms with Gasteiger partial charge in [0.2, 0.25) is 5.91 Å². The van der Waals surface area contributed by atoms with E-state index in [2.05, 4.69) is 0 Å². The van der Waals surface area contributed by atoms with Crippen molar-refractivity contribution in [3.05, 3.63) is 18.2 Å². The Morgan fingerprint density at radius 1 is 1.07 bits per heavy atom. The van der Waals surface area contributed by atoms with Crippen LogP contribution in [0.3, 0.4) is 0 Å². The van der Waals surface area contributed by atoms with E-state index < -0.39 is 0 Å². The van der Waals surface area contributed by atoms with Gasteiger partial charge in [0.25, 0.3) is 0 Å². The van der Waals surface area contributed by atoms with Crippen LogP contribution in [0.25, 0.3) is 0 Å². The van der Waals surface area contributed by atoms with Crippen LogP contribution in [-0.4, -0.2) is 81.3 Å². The third-order valence-electron chi connectivity index (χ3n) is 5.57. The molecular weight excluding hydrogens is 390 g/mol. The van der Waals surface area contributed by atoms with Crippen LogP contribution in [0.1, 0.15) is 19.8 Å². The molecule has 2 aliphatic heterocycles. The normalized spacial score (nSPS) is 17.3. The second-order valence-corrected chi connectivity index (χ2v) is 7.30. The third kappa shape index (κ3) is 4.60. The molecule has 0 aliphatic carbocycles. The largest absolute Gasteiger partial charge is 0.497 e. The standard InChI is InChI=1S/C21H29N3O6/c1-4-30-20(26)15-7-9-22(10-8-15)19(25)14-23-11-12-24(21(23)27)17-13-16(28-2)5-6-18(17)29-3/h5-6,13,15H,4,7-12,14H2,1-3H3. The van der Waals surface area contributed by atoms with Crippen LogP contribution in [0.5, 0.6) is 11.5 Å². The summed E-state index contributed by atoms with van der Waals surface area (Å²) in [6.45, 7) is 4.07. The van der Waals surface area contributed by atoms with Gasteiger partial charge in [-0.2, -0.15) is 0 Å². The zero-order valence-electron chi connectivity index (χ0n) is 17.8. The van der Waals surface area contributed by atoms with Gasteiger partial charge in [-0.05, 0) is 31.9 Å². The second kappa shape index (κ2) is 9.69. The number of anilines is 1. The van der Waals surface area contributed by atoms with Crippen LogP contribution in [0.2, 0.25) is 0 Å². The summed E-state index contributed by atoms with van der Waals surface area (Å²) in [5.41, 5.74) is 0.618. The van der Waals surface area contributed by atoms with E-state index in [1.54, 1.807) is 54.0 Å². The maximum atomic E-state index is 12.9. The van der Waals surface area contributed by atoms with Crippen molar-refractivity contribution >= 4 is 23.6 Å². The van der Waals surface area contributed by atoms with Crippen molar-refractivity contribution in [2.75, 3.05) is 58.5 Å². The van der Waals surface area contributed by atoms with Gasteiger partial charge in [-0.3, -0.25) is 14.5 Å². The molecule has 0 unspecified atom stereocenters. The van der Waals surface area contributed by atoms with Crippen molar-refractivity contribution < 1.29 is 28.6 Å². The fourth-order valence-electron chi connectivity index (χ4n) is 3.85. The van der Waals surface area contributed by atoms with Crippen molar-refractivity contribution in [1.82, 2.24) is 9.80 Å². The Labute approximate surface area is 176 Å². The van der Waals surface area contributed by atoms with Crippen LogP contribution in [-0.2, 0) is 14.3 Å². The van der Waals surface area contributed by atoms with E-state index in [0.717, 1.165) is 0 Å². The maximum Gasteiger partial charge on any atom is 0.325 e. The molecule has 0 bridgehead atoms. The smallest absolute Gasteiger partial charge is 0.325 e. The lowest BCUT2D eigenvalue weighted by molar-refractivity contribution is -0.151. The molecule has 3 amide bonds. The Balaban J connectivity index is 1.58. The Hall–Kier alpha value is -2.97. The van der Waals surface area contributed by atoms with Crippen LogP contribution in [0.15, 0.2) is 18.2 Å². The summed E-state index contributed by atoms with van der Waals surface area (Å²) >= 11 is 0. The number of amides is 3. The SMILES string of the molecule is CCOC(=O)C1CCN(C(=O)CN2CCN(c3cc(OC)ccc3OC)C2=O)CC1. The number of ether oxygens (including phenoxy) is 3.